The highest BCUT2D eigenvalue weighted by Gasteiger charge is 2.33. The molecule has 1 saturated heterocycles. The van der Waals surface area contributed by atoms with E-state index in [0.29, 0.717) is 34.6 Å². The lowest BCUT2D eigenvalue weighted by Gasteiger charge is -2.14. The molecule has 1 amide bonds. The molecule has 1 aliphatic heterocycles. The lowest BCUT2D eigenvalue weighted by atomic mass is 10.0. The Bertz CT molecular complexity index is 1360. The Balaban J connectivity index is 1.48. The molecule has 3 heterocycles. The number of hydrogen-bond acceptors (Lipinski definition) is 6. The zero-order valence-electron chi connectivity index (χ0n) is 19.5. The maximum Gasteiger partial charge on any atom is 0.328 e. The molecule has 1 N–H and O–H groups in total. The van der Waals surface area contributed by atoms with Gasteiger partial charge in [0.1, 0.15) is 17.9 Å². The van der Waals surface area contributed by atoms with Crippen molar-refractivity contribution in [3.63, 3.8) is 0 Å². The van der Waals surface area contributed by atoms with Gasteiger partial charge in [-0.15, -0.1) is 11.8 Å². The van der Waals surface area contributed by atoms with Crippen LogP contribution in [0.25, 0.3) is 10.9 Å². The second-order valence-corrected chi connectivity index (χ2v) is 9.74. The number of pyridine rings is 1. The van der Waals surface area contributed by atoms with Crippen molar-refractivity contribution >= 4 is 34.5 Å². The third kappa shape index (κ3) is 4.67. The number of carbonyl (C=O) groups is 2. The largest absolute Gasteiger partial charge is 0.487 e. The number of nitrogens with zero attached hydrogens (tertiary/aromatic N) is 3. The molecule has 2 aromatic heterocycles. The van der Waals surface area contributed by atoms with Gasteiger partial charge in [-0.2, -0.15) is 0 Å². The molecule has 0 radical (unpaired) electrons. The summed E-state index contributed by atoms with van der Waals surface area (Å²) in [7, 11) is 3.38. The minimum atomic E-state index is -0.368. The van der Waals surface area contributed by atoms with Crippen LogP contribution in [0.1, 0.15) is 26.9 Å². The predicted octanol–water partition coefficient (Wildman–Crippen LogP) is 4.73. The van der Waals surface area contributed by atoms with Crippen LogP contribution in [-0.2, 0) is 6.61 Å². The Morgan fingerprint density at radius 1 is 1.11 bits per heavy atom. The molecule has 0 aliphatic carbocycles. The lowest BCUT2D eigenvalue weighted by molar-refractivity contribution is 0.0957. The van der Waals surface area contributed by atoms with Gasteiger partial charge in [0, 0.05) is 49.4 Å². The number of nitrogens with one attached hydrogen (secondary N) is 1. The van der Waals surface area contributed by atoms with Crippen LogP contribution in [0.2, 0.25) is 0 Å². The van der Waals surface area contributed by atoms with E-state index in [-0.39, 0.29) is 23.2 Å². The monoisotopic (exact) mass is 486 g/mol. The number of ether oxygens (including phenoxy) is 1. The summed E-state index contributed by atoms with van der Waals surface area (Å²) in [5.74, 6) is 1.15. The zero-order chi connectivity index (χ0) is 24.4. The van der Waals surface area contributed by atoms with Gasteiger partial charge in [-0.3, -0.25) is 19.7 Å². The topological polar surface area (TPSA) is 76.5 Å². The van der Waals surface area contributed by atoms with Crippen LogP contribution in [-0.4, -0.2) is 52.2 Å². The Morgan fingerprint density at radius 3 is 2.69 bits per heavy atom. The number of aromatic nitrogens is 2. The quantitative estimate of drug-likeness (QED) is 0.397. The molecule has 0 saturated carbocycles. The second kappa shape index (κ2) is 9.93. The minimum Gasteiger partial charge on any atom is -0.487 e. The number of hydrogen-bond donors (Lipinski definition) is 1. The highest BCUT2D eigenvalue weighted by atomic mass is 32.2. The van der Waals surface area contributed by atoms with E-state index < -0.39 is 0 Å². The molecule has 0 bridgehead atoms. The maximum atomic E-state index is 13.7. The SMILES string of the molecule is CN(C)C(=O)n1cc(C(=O)[C@@H]2CS[C@H](c3cccnc3)N2)c2cccc(OCc3ccccc3)c21. The molecule has 8 heteroatoms. The molecule has 178 valence electrons. The number of rotatable bonds is 6. The van der Waals surface area contributed by atoms with E-state index in [1.54, 1.807) is 38.3 Å². The van der Waals surface area contributed by atoms with E-state index in [2.05, 4.69) is 10.3 Å². The Labute approximate surface area is 208 Å². The fourth-order valence-electron chi connectivity index (χ4n) is 4.20. The maximum absolute atomic E-state index is 13.7. The van der Waals surface area contributed by atoms with Crippen LogP contribution in [0.15, 0.2) is 79.3 Å². The molecule has 0 spiro atoms. The first-order valence-electron chi connectivity index (χ1n) is 11.4. The summed E-state index contributed by atoms with van der Waals surface area (Å²) in [6, 6.07) is 18.7. The van der Waals surface area contributed by atoms with E-state index in [1.807, 2.05) is 66.9 Å². The van der Waals surface area contributed by atoms with Crippen molar-refractivity contribution in [3.05, 3.63) is 95.9 Å². The molecule has 2 atom stereocenters. The summed E-state index contributed by atoms with van der Waals surface area (Å²) in [4.78, 5) is 32.4. The number of fused-ring (bicyclic) bond motifs is 1. The fraction of sp³-hybridized carbons (Fsp3) is 0.222. The zero-order valence-corrected chi connectivity index (χ0v) is 20.4. The van der Waals surface area contributed by atoms with Crippen molar-refractivity contribution < 1.29 is 14.3 Å². The fourth-order valence-corrected chi connectivity index (χ4v) is 5.42. The highest BCUT2D eigenvalue weighted by Crippen LogP contribution is 2.36. The van der Waals surface area contributed by atoms with Crippen LogP contribution in [0, 0.1) is 0 Å². The minimum absolute atomic E-state index is 0.000765. The highest BCUT2D eigenvalue weighted by molar-refractivity contribution is 7.99. The molecular formula is C27H26N4O3S. The third-order valence-electron chi connectivity index (χ3n) is 5.97. The van der Waals surface area contributed by atoms with Gasteiger partial charge in [0.2, 0.25) is 0 Å². The lowest BCUT2D eigenvalue weighted by Crippen LogP contribution is -2.34. The van der Waals surface area contributed by atoms with Crippen LogP contribution in [0.4, 0.5) is 4.79 Å². The van der Waals surface area contributed by atoms with E-state index in [4.69, 9.17) is 4.74 Å². The number of thioether (sulfide) groups is 1. The van der Waals surface area contributed by atoms with Crippen molar-refractivity contribution in [1.29, 1.82) is 0 Å². The van der Waals surface area contributed by atoms with Gasteiger partial charge >= 0.3 is 6.03 Å². The van der Waals surface area contributed by atoms with E-state index in [9.17, 15) is 9.59 Å². The van der Waals surface area contributed by atoms with Gasteiger partial charge in [-0.25, -0.2) is 4.79 Å². The molecule has 4 aromatic rings. The van der Waals surface area contributed by atoms with Crippen molar-refractivity contribution in [1.82, 2.24) is 19.8 Å². The summed E-state index contributed by atoms with van der Waals surface area (Å²) < 4.78 is 7.66. The normalized spacial score (nSPS) is 17.4. The van der Waals surface area contributed by atoms with E-state index >= 15 is 0 Å². The number of para-hydroxylation sites is 1. The van der Waals surface area contributed by atoms with Gasteiger partial charge in [0.25, 0.3) is 0 Å². The average molecular weight is 487 g/mol. The van der Waals surface area contributed by atoms with Crippen molar-refractivity contribution in [3.8, 4) is 5.75 Å². The van der Waals surface area contributed by atoms with Gasteiger partial charge < -0.3 is 9.64 Å². The number of ketones is 1. The Kier molecular flexibility index (Phi) is 6.57. The smallest absolute Gasteiger partial charge is 0.328 e. The second-order valence-electron chi connectivity index (χ2n) is 8.60. The van der Waals surface area contributed by atoms with Gasteiger partial charge in [0.15, 0.2) is 5.78 Å². The van der Waals surface area contributed by atoms with Gasteiger partial charge in [-0.05, 0) is 23.3 Å². The predicted molar refractivity (Wildman–Crippen MR) is 138 cm³/mol. The molecule has 0 unspecified atom stereocenters. The van der Waals surface area contributed by atoms with Gasteiger partial charge in [0.05, 0.1) is 11.4 Å². The summed E-state index contributed by atoms with van der Waals surface area (Å²) in [5, 5.41) is 4.13. The van der Waals surface area contributed by atoms with E-state index in [1.165, 1.54) is 9.47 Å². The molecule has 35 heavy (non-hydrogen) atoms. The molecular weight excluding hydrogens is 460 g/mol. The van der Waals surface area contributed by atoms with Crippen molar-refractivity contribution in [2.45, 2.75) is 18.0 Å². The third-order valence-corrected chi connectivity index (χ3v) is 7.23. The first-order chi connectivity index (χ1) is 17.0. The number of amides is 1. The van der Waals surface area contributed by atoms with Crippen molar-refractivity contribution in [2.24, 2.45) is 0 Å². The summed E-state index contributed by atoms with van der Waals surface area (Å²) in [5.41, 5.74) is 3.16. The van der Waals surface area contributed by atoms with Crippen LogP contribution >= 0.6 is 11.8 Å². The number of Topliss-reactive ketones (excluding diaryl/α,β-unsaturated/α-hetero) is 1. The summed E-state index contributed by atoms with van der Waals surface area (Å²) in [6.07, 6.45) is 5.20. The van der Waals surface area contributed by atoms with Crippen LogP contribution in [0.3, 0.4) is 0 Å². The first kappa shape index (κ1) is 23.1. The average Bonchev–Trinajstić information content (AvgIpc) is 3.54. The molecule has 1 aliphatic rings. The molecule has 7 nitrogen and oxygen atoms in total. The van der Waals surface area contributed by atoms with Crippen LogP contribution in [0.5, 0.6) is 5.75 Å². The van der Waals surface area contributed by atoms with Gasteiger partial charge in [-0.1, -0.05) is 48.5 Å². The number of benzene rings is 2. The Morgan fingerprint density at radius 2 is 1.94 bits per heavy atom. The summed E-state index contributed by atoms with van der Waals surface area (Å²) in [6.45, 7) is 0.359. The molecule has 2 aromatic carbocycles. The summed E-state index contributed by atoms with van der Waals surface area (Å²) >= 11 is 1.68. The standard InChI is InChI=1S/C27H26N4O3S/c1-30(2)27(33)31-15-21(25(32)22-17-35-26(29-22)19-10-7-13-28-14-19)20-11-6-12-23(24(20)31)34-16-18-8-4-3-5-9-18/h3-15,22,26,29H,16-17H2,1-2H3/t22-,26+/m0/s1. The molecule has 1 fully saturated rings. The Hall–Kier alpha value is -3.62. The van der Waals surface area contributed by atoms with E-state index in [0.717, 1.165) is 11.1 Å². The van der Waals surface area contributed by atoms with Crippen LogP contribution < -0.4 is 10.1 Å². The molecule has 5 rings (SSSR count). The first-order valence-corrected chi connectivity index (χ1v) is 12.4. The number of carbonyl (C=O) groups excluding carboxylic acids is 2. The van der Waals surface area contributed by atoms with Crippen molar-refractivity contribution in [2.75, 3.05) is 19.8 Å².